The highest BCUT2D eigenvalue weighted by Crippen LogP contribution is 2.35. The maximum absolute atomic E-state index is 14.1. The number of nitrogens with zero attached hydrogens (tertiary/aromatic N) is 3. The molecular weight excluding hydrogens is 370 g/mol. The lowest BCUT2D eigenvalue weighted by molar-refractivity contribution is -0.118. The van der Waals surface area contributed by atoms with Gasteiger partial charge in [0.15, 0.2) is 11.6 Å². The van der Waals surface area contributed by atoms with Gasteiger partial charge in [-0.25, -0.2) is 13.8 Å². The summed E-state index contributed by atoms with van der Waals surface area (Å²) in [7, 11) is 0. The Morgan fingerprint density at radius 1 is 1.32 bits per heavy atom. The second kappa shape index (κ2) is 7.31. The smallest absolute Gasteiger partial charge is 0.252 e. The van der Waals surface area contributed by atoms with Crippen LogP contribution in [0.2, 0.25) is 0 Å². The van der Waals surface area contributed by atoms with Gasteiger partial charge in [-0.3, -0.25) is 9.59 Å². The molecule has 9 heteroatoms. The van der Waals surface area contributed by atoms with Crippen molar-refractivity contribution in [2.45, 2.75) is 25.8 Å². The van der Waals surface area contributed by atoms with Crippen LogP contribution in [-0.4, -0.2) is 48.2 Å². The van der Waals surface area contributed by atoms with E-state index >= 15 is 0 Å². The second-order valence-corrected chi connectivity index (χ2v) is 7.00. The predicted molar refractivity (Wildman–Crippen MR) is 98.6 cm³/mol. The van der Waals surface area contributed by atoms with Crippen LogP contribution in [0.25, 0.3) is 0 Å². The van der Waals surface area contributed by atoms with Crippen LogP contribution < -0.4 is 15.4 Å². The van der Waals surface area contributed by atoms with Crippen molar-refractivity contribution in [1.29, 1.82) is 0 Å². The molecule has 0 bridgehead atoms. The van der Waals surface area contributed by atoms with Gasteiger partial charge in [-0.15, -0.1) is 0 Å². The van der Waals surface area contributed by atoms with E-state index in [1.807, 2.05) is 4.90 Å². The summed E-state index contributed by atoms with van der Waals surface area (Å²) in [6.07, 6.45) is 0.0959. The molecule has 1 amide bonds. The summed E-state index contributed by atoms with van der Waals surface area (Å²) in [5.41, 5.74) is 0.217. The molecule has 2 aromatic rings. The van der Waals surface area contributed by atoms with Crippen molar-refractivity contribution < 1.29 is 18.3 Å². The summed E-state index contributed by atoms with van der Waals surface area (Å²) in [4.78, 5) is 35.3. The summed E-state index contributed by atoms with van der Waals surface area (Å²) in [5, 5.41) is 0. The van der Waals surface area contributed by atoms with Crippen molar-refractivity contribution in [3.05, 3.63) is 51.6 Å². The molecule has 1 saturated heterocycles. The Morgan fingerprint density at radius 2 is 2.07 bits per heavy atom. The quantitative estimate of drug-likeness (QED) is 0.857. The third-order valence-corrected chi connectivity index (χ3v) is 5.07. The molecule has 2 aliphatic rings. The first-order valence-electron chi connectivity index (χ1n) is 9.16. The lowest BCUT2D eigenvalue weighted by atomic mass is 10.1. The van der Waals surface area contributed by atoms with Crippen LogP contribution >= 0.6 is 0 Å². The van der Waals surface area contributed by atoms with Crippen molar-refractivity contribution in [2.24, 2.45) is 0 Å². The highest BCUT2D eigenvalue weighted by Gasteiger charge is 2.34. The number of nitrogens with one attached hydrogen (secondary N) is 1. The van der Waals surface area contributed by atoms with Crippen LogP contribution in [-0.2, 0) is 22.4 Å². The molecule has 0 aliphatic carbocycles. The molecule has 2 aliphatic heterocycles. The predicted octanol–water partition coefficient (Wildman–Crippen LogP) is 1.41. The highest BCUT2D eigenvalue weighted by molar-refractivity contribution is 5.97. The zero-order valence-corrected chi connectivity index (χ0v) is 15.4. The average molecular weight is 390 g/mol. The highest BCUT2D eigenvalue weighted by atomic mass is 19.2. The van der Waals surface area contributed by atoms with E-state index in [1.165, 1.54) is 17.0 Å². The third-order valence-electron chi connectivity index (χ3n) is 5.07. The summed E-state index contributed by atoms with van der Waals surface area (Å²) < 4.78 is 32.9. The minimum absolute atomic E-state index is 0.143. The Kier molecular flexibility index (Phi) is 4.84. The van der Waals surface area contributed by atoms with Crippen molar-refractivity contribution in [2.75, 3.05) is 36.1 Å². The van der Waals surface area contributed by atoms with Crippen molar-refractivity contribution in [3.8, 4) is 0 Å². The standard InChI is InChI=1S/C19H20F2N4O3/c1-11-8-12-14(3-2-13(20)19(12)21)25(11)18(27)9-15-22-16(10-17(26)23-15)24-4-6-28-7-5-24/h2-3,10-11H,4-9H2,1H3,(H,22,23,26). The molecule has 1 unspecified atom stereocenters. The normalized spacial score (nSPS) is 19.0. The number of carbonyl (C=O) groups excluding carboxylic acids is 1. The number of aromatic nitrogens is 2. The fourth-order valence-corrected chi connectivity index (χ4v) is 3.77. The third kappa shape index (κ3) is 3.37. The zero-order chi connectivity index (χ0) is 19.8. The molecular formula is C19H20F2N4O3. The van der Waals surface area contributed by atoms with E-state index in [-0.39, 0.29) is 41.7 Å². The lowest BCUT2D eigenvalue weighted by Crippen LogP contribution is -2.39. The van der Waals surface area contributed by atoms with Crippen LogP contribution in [0.4, 0.5) is 20.3 Å². The molecule has 7 nitrogen and oxygen atoms in total. The lowest BCUT2D eigenvalue weighted by Gasteiger charge is -2.28. The van der Waals surface area contributed by atoms with Crippen molar-refractivity contribution in [1.82, 2.24) is 9.97 Å². The number of fused-ring (bicyclic) bond motifs is 1. The van der Waals surface area contributed by atoms with Crippen LogP contribution in [0.15, 0.2) is 23.0 Å². The van der Waals surface area contributed by atoms with Crippen LogP contribution in [0.3, 0.4) is 0 Å². The minimum atomic E-state index is -0.926. The molecule has 1 atom stereocenters. The molecule has 1 fully saturated rings. The molecule has 28 heavy (non-hydrogen) atoms. The van der Waals surface area contributed by atoms with Crippen molar-refractivity contribution in [3.63, 3.8) is 0 Å². The summed E-state index contributed by atoms with van der Waals surface area (Å²) in [6, 6.07) is 3.51. The number of hydrogen-bond donors (Lipinski definition) is 1. The monoisotopic (exact) mass is 390 g/mol. The van der Waals surface area contributed by atoms with Gasteiger partial charge in [-0.1, -0.05) is 0 Å². The zero-order valence-electron chi connectivity index (χ0n) is 15.4. The number of morpholine rings is 1. The Labute approximate surface area is 159 Å². The van der Waals surface area contributed by atoms with Gasteiger partial charge in [-0.05, 0) is 25.5 Å². The number of anilines is 2. The largest absolute Gasteiger partial charge is 0.378 e. The number of rotatable bonds is 3. The van der Waals surface area contributed by atoms with Gasteiger partial charge in [0.05, 0.1) is 25.3 Å². The fraction of sp³-hybridized carbons (Fsp3) is 0.421. The van der Waals surface area contributed by atoms with Gasteiger partial charge in [0, 0.05) is 30.8 Å². The molecule has 1 aromatic heterocycles. The Balaban J connectivity index is 1.59. The number of ether oxygens (including phenoxy) is 1. The molecule has 1 aromatic carbocycles. The Bertz CT molecular complexity index is 972. The van der Waals surface area contributed by atoms with Gasteiger partial charge in [-0.2, -0.15) is 0 Å². The molecule has 0 radical (unpaired) electrons. The first-order valence-corrected chi connectivity index (χ1v) is 9.16. The number of halogens is 2. The minimum Gasteiger partial charge on any atom is -0.378 e. The molecule has 1 N–H and O–H groups in total. The van der Waals surface area contributed by atoms with Gasteiger partial charge in [0.1, 0.15) is 11.6 Å². The van der Waals surface area contributed by atoms with Gasteiger partial charge in [0.2, 0.25) is 5.91 Å². The second-order valence-electron chi connectivity index (χ2n) is 7.00. The fourth-order valence-electron chi connectivity index (χ4n) is 3.77. The van der Waals surface area contributed by atoms with E-state index in [2.05, 4.69) is 9.97 Å². The number of hydrogen-bond acceptors (Lipinski definition) is 5. The number of amides is 1. The molecule has 3 heterocycles. The summed E-state index contributed by atoms with van der Waals surface area (Å²) >= 11 is 0. The molecule has 0 saturated carbocycles. The van der Waals surface area contributed by atoms with Crippen LogP contribution in [0, 0.1) is 11.6 Å². The molecule has 148 valence electrons. The van der Waals surface area contributed by atoms with Gasteiger partial charge >= 0.3 is 0 Å². The summed E-state index contributed by atoms with van der Waals surface area (Å²) in [5.74, 6) is -1.44. The molecule has 4 rings (SSSR count). The Morgan fingerprint density at radius 3 is 2.82 bits per heavy atom. The SMILES string of the molecule is CC1Cc2c(ccc(F)c2F)N1C(=O)Cc1nc(N2CCOCC2)cc(=O)[nH]1. The van der Waals surface area contributed by atoms with Gasteiger partial charge < -0.3 is 19.5 Å². The van der Waals surface area contributed by atoms with E-state index in [0.717, 1.165) is 6.07 Å². The summed E-state index contributed by atoms with van der Waals surface area (Å²) in [6.45, 7) is 4.10. The van der Waals surface area contributed by atoms with E-state index in [0.29, 0.717) is 37.8 Å². The van der Waals surface area contributed by atoms with E-state index in [9.17, 15) is 18.4 Å². The van der Waals surface area contributed by atoms with Crippen LogP contribution in [0.5, 0.6) is 0 Å². The number of benzene rings is 1. The first kappa shape index (κ1) is 18.5. The Hall–Kier alpha value is -2.81. The number of H-pyrrole nitrogens is 1. The average Bonchev–Trinajstić information content (AvgIpc) is 3.02. The van der Waals surface area contributed by atoms with Crippen LogP contribution in [0.1, 0.15) is 18.3 Å². The van der Waals surface area contributed by atoms with E-state index < -0.39 is 11.6 Å². The maximum Gasteiger partial charge on any atom is 0.252 e. The topological polar surface area (TPSA) is 78.5 Å². The first-order chi connectivity index (χ1) is 13.4. The van der Waals surface area contributed by atoms with E-state index in [1.54, 1.807) is 6.92 Å². The van der Waals surface area contributed by atoms with Crippen molar-refractivity contribution >= 4 is 17.4 Å². The number of aromatic amines is 1. The van der Waals surface area contributed by atoms with E-state index in [4.69, 9.17) is 4.74 Å². The van der Waals surface area contributed by atoms with Gasteiger partial charge in [0.25, 0.3) is 5.56 Å². The number of carbonyl (C=O) groups is 1. The molecule has 0 spiro atoms. The maximum atomic E-state index is 14.1.